The molecule has 1 aliphatic heterocycles. The standard InChI is InChI=1S/C19H18ClN3O2/c20-16-9-13(17-11-21-5-6-22-17)7-14-8-15(25-18(14)16)10-23-19(24)12-3-1-2-4-12/h3,5-7,9,11,15H,1-2,4,8,10H2,(H,23,24)/t15-/m0/s1. The summed E-state index contributed by atoms with van der Waals surface area (Å²) < 4.78 is 5.94. The van der Waals surface area contributed by atoms with Crippen LogP contribution in [-0.2, 0) is 11.2 Å². The van der Waals surface area contributed by atoms with E-state index in [0.29, 0.717) is 23.7 Å². The molecule has 0 unspecified atom stereocenters. The van der Waals surface area contributed by atoms with Crippen LogP contribution in [0.15, 0.2) is 42.4 Å². The summed E-state index contributed by atoms with van der Waals surface area (Å²) >= 11 is 6.39. The molecule has 2 heterocycles. The summed E-state index contributed by atoms with van der Waals surface area (Å²) in [6, 6.07) is 3.88. The Hall–Kier alpha value is -2.40. The third-order valence-corrected chi connectivity index (χ3v) is 4.82. The number of rotatable bonds is 4. The second-order valence-corrected chi connectivity index (χ2v) is 6.72. The largest absolute Gasteiger partial charge is 0.486 e. The molecule has 1 N–H and O–H groups in total. The third kappa shape index (κ3) is 3.37. The lowest BCUT2D eigenvalue weighted by Crippen LogP contribution is -2.35. The lowest BCUT2D eigenvalue weighted by molar-refractivity contribution is -0.117. The highest BCUT2D eigenvalue weighted by molar-refractivity contribution is 6.32. The summed E-state index contributed by atoms with van der Waals surface area (Å²) in [7, 11) is 0. The highest BCUT2D eigenvalue weighted by Gasteiger charge is 2.27. The van der Waals surface area contributed by atoms with E-state index in [4.69, 9.17) is 16.3 Å². The Bertz CT molecular complexity index is 836. The second kappa shape index (κ2) is 6.84. The lowest BCUT2D eigenvalue weighted by Gasteiger charge is -2.12. The number of halogens is 1. The molecule has 0 saturated heterocycles. The minimum Gasteiger partial charge on any atom is -0.486 e. The Morgan fingerprint density at radius 2 is 2.28 bits per heavy atom. The SMILES string of the molecule is O=C(NC[C@@H]1Cc2cc(-c3cnccn3)cc(Cl)c2O1)C1=CCCC1. The van der Waals surface area contributed by atoms with Gasteiger partial charge < -0.3 is 10.1 Å². The van der Waals surface area contributed by atoms with Crippen LogP contribution in [0.5, 0.6) is 5.75 Å². The van der Waals surface area contributed by atoms with Gasteiger partial charge >= 0.3 is 0 Å². The van der Waals surface area contributed by atoms with Gasteiger partial charge in [0, 0.05) is 35.5 Å². The van der Waals surface area contributed by atoms with Crippen molar-refractivity contribution in [3.63, 3.8) is 0 Å². The average molecular weight is 356 g/mol. The van der Waals surface area contributed by atoms with Crippen molar-refractivity contribution in [3.05, 3.63) is 53.0 Å². The first-order valence-electron chi connectivity index (χ1n) is 8.43. The monoisotopic (exact) mass is 355 g/mol. The van der Waals surface area contributed by atoms with Crippen molar-refractivity contribution in [2.24, 2.45) is 0 Å². The van der Waals surface area contributed by atoms with Crippen molar-refractivity contribution in [2.75, 3.05) is 6.54 Å². The molecular weight excluding hydrogens is 338 g/mol. The van der Waals surface area contributed by atoms with Crippen LogP contribution in [0.1, 0.15) is 24.8 Å². The Kier molecular flexibility index (Phi) is 4.40. The van der Waals surface area contributed by atoms with Gasteiger partial charge in [-0.2, -0.15) is 0 Å². The van der Waals surface area contributed by atoms with Crippen molar-refractivity contribution in [2.45, 2.75) is 31.8 Å². The topological polar surface area (TPSA) is 64.1 Å². The molecule has 2 aromatic rings. The summed E-state index contributed by atoms with van der Waals surface area (Å²) in [6.07, 6.45) is 10.6. The molecule has 0 fully saturated rings. The summed E-state index contributed by atoms with van der Waals surface area (Å²) in [5, 5.41) is 3.53. The number of amides is 1. The molecule has 0 bridgehead atoms. The maximum absolute atomic E-state index is 12.1. The van der Waals surface area contributed by atoms with Crippen LogP contribution in [-0.4, -0.2) is 28.5 Å². The maximum Gasteiger partial charge on any atom is 0.247 e. The Labute approximate surface area is 151 Å². The van der Waals surface area contributed by atoms with Crippen LogP contribution >= 0.6 is 11.6 Å². The first-order valence-corrected chi connectivity index (χ1v) is 8.81. The third-order valence-electron chi connectivity index (χ3n) is 4.53. The fourth-order valence-electron chi connectivity index (χ4n) is 3.29. The van der Waals surface area contributed by atoms with Crippen molar-refractivity contribution >= 4 is 17.5 Å². The number of aromatic nitrogens is 2. The molecule has 1 atom stereocenters. The number of benzene rings is 1. The van der Waals surface area contributed by atoms with E-state index in [-0.39, 0.29) is 12.0 Å². The number of nitrogens with zero attached hydrogens (tertiary/aromatic N) is 2. The van der Waals surface area contributed by atoms with E-state index < -0.39 is 0 Å². The fourth-order valence-corrected chi connectivity index (χ4v) is 3.58. The normalized spacial score (nSPS) is 18.4. The zero-order chi connectivity index (χ0) is 17.2. The number of carbonyl (C=O) groups is 1. The van der Waals surface area contributed by atoms with Crippen molar-refractivity contribution in [1.82, 2.24) is 15.3 Å². The van der Waals surface area contributed by atoms with E-state index >= 15 is 0 Å². The van der Waals surface area contributed by atoms with E-state index in [1.165, 1.54) is 0 Å². The zero-order valence-electron chi connectivity index (χ0n) is 13.7. The predicted octanol–water partition coefficient (Wildman–Crippen LogP) is 3.33. The summed E-state index contributed by atoms with van der Waals surface area (Å²) in [5.74, 6) is 0.719. The summed E-state index contributed by atoms with van der Waals surface area (Å²) in [4.78, 5) is 20.5. The number of nitrogens with one attached hydrogen (secondary N) is 1. The van der Waals surface area contributed by atoms with Gasteiger partial charge in [0.15, 0.2) is 0 Å². The van der Waals surface area contributed by atoms with E-state index in [0.717, 1.165) is 41.7 Å². The molecule has 0 spiro atoms. The highest BCUT2D eigenvalue weighted by atomic mass is 35.5. The van der Waals surface area contributed by atoms with Gasteiger partial charge in [-0.1, -0.05) is 17.7 Å². The molecule has 2 aliphatic rings. The average Bonchev–Trinajstić information content (AvgIpc) is 3.30. The van der Waals surface area contributed by atoms with Crippen LogP contribution in [0.2, 0.25) is 5.02 Å². The van der Waals surface area contributed by atoms with E-state index in [1.807, 2.05) is 18.2 Å². The van der Waals surface area contributed by atoms with Crippen molar-refractivity contribution < 1.29 is 9.53 Å². The minimum atomic E-state index is -0.101. The van der Waals surface area contributed by atoms with Crippen molar-refractivity contribution in [3.8, 4) is 17.0 Å². The van der Waals surface area contributed by atoms with Crippen molar-refractivity contribution in [1.29, 1.82) is 0 Å². The highest BCUT2D eigenvalue weighted by Crippen LogP contribution is 2.39. The molecule has 4 rings (SSSR count). The molecular formula is C19H18ClN3O2. The van der Waals surface area contributed by atoms with Gasteiger partial charge in [0.25, 0.3) is 0 Å². The van der Waals surface area contributed by atoms with Gasteiger partial charge in [-0.3, -0.25) is 14.8 Å². The van der Waals surface area contributed by atoms with E-state index in [9.17, 15) is 4.79 Å². The van der Waals surface area contributed by atoms with Crippen LogP contribution in [0.4, 0.5) is 0 Å². The second-order valence-electron chi connectivity index (χ2n) is 6.31. The molecule has 1 aromatic heterocycles. The molecule has 1 aliphatic carbocycles. The van der Waals surface area contributed by atoms with Gasteiger partial charge in [-0.15, -0.1) is 0 Å². The maximum atomic E-state index is 12.1. The van der Waals surface area contributed by atoms with E-state index in [2.05, 4.69) is 15.3 Å². The molecule has 25 heavy (non-hydrogen) atoms. The molecule has 128 valence electrons. The first-order chi connectivity index (χ1) is 12.2. The number of hydrogen-bond acceptors (Lipinski definition) is 4. The number of fused-ring (bicyclic) bond motifs is 1. The minimum absolute atomic E-state index is 0.0170. The smallest absolute Gasteiger partial charge is 0.247 e. The molecule has 1 amide bonds. The molecule has 1 aromatic carbocycles. The van der Waals surface area contributed by atoms with E-state index in [1.54, 1.807) is 18.6 Å². The first kappa shape index (κ1) is 16.1. The van der Waals surface area contributed by atoms with Gasteiger partial charge in [0.1, 0.15) is 11.9 Å². The molecule has 5 nitrogen and oxygen atoms in total. The predicted molar refractivity (Wildman–Crippen MR) is 95.5 cm³/mol. The van der Waals surface area contributed by atoms with Gasteiger partial charge in [-0.05, 0) is 31.4 Å². The molecule has 0 saturated carbocycles. The Morgan fingerprint density at radius 1 is 1.36 bits per heavy atom. The van der Waals surface area contributed by atoms with Crippen LogP contribution < -0.4 is 10.1 Å². The van der Waals surface area contributed by atoms with Crippen LogP contribution in [0.3, 0.4) is 0 Å². The fraction of sp³-hybridized carbons (Fsp3) is 0.316. The summed E-state index contributed by atoms with van der Waals surface area (Å²) in [6.45, 7) is 0.474. The van der Waals surface area contributed by atoms with Crippen LogP contribution in [0.25, 0.3) is 11.3 Å². The number of carbonyl (C=O) groups excluding carboxylic acids is 1. The Morgan fingerprint density at radius 3 is 3.04 bits per heavy atom. The molecule has 0 radical (unpaired) electrons. The van der Waals surface area contributed by atoms with Gasteiger partial charge in [0.2, 0.25) is 5.91 Å². The number of hydrogen-bond donors (Lipinski definition) is 1. The lowest BCUT2D eigenvalue weighted by atomic mass is 10.0. The zero-order valence-corrected chi connectivity index (χ0v) is 14.4. The number of ether oxygens (including phenoxy) is 1. The quantitative estimate of drug-likeness (QED) is 0.913. The molecule has 6 heteroatoms. The Balaban J connectivity index is 1.45. The van der Waals surface area contributed by atoms with Crippen LogP contribution in [0, 0.1) is 0 Å². The van der Waals surface area contributed by atoms with Gasteiger partial charge in [-0.25, -0.2) is 0 Å². The van der Waals surface area contributed by atoms with Gasteiger partial charge in [0.05, 0.1) is 23.5 Å². The number of allylic oxidation sites excluding steroid dienone is 1. The summed E-state index contributed by atoms with van der Waals surface area (Å²) in [5.41, 5.74) is 3.62.